The summed E-state index contributed by atoms with van der Waals surface area (Å²) in [5.41, 5.74) is 3.16. The van der Waals surface area contributed by atoms with Crippen molar-refractivity contribution in [2.75, 3.05) is 39.4 Å². The van der Waals surface area contributed by atoms with Crippen LogP contribution in [0.15, 0.2) is 36.5 Å². The van der Waals surface area contributed by atoms with Crippen molar-refractivity contribution in [1.82, 2.24) is 25.1 Å². The van der Waals surface area contributed by atoms with Crippen LogP contribution in [0.25, 0.3) is 10.9 Å². The van der Waals surface area contributed by atoms with Crippen molar-refractivity contribution < 1.29 is 18.7 Å². The van der Waals surface area contributed by atoms with E-state index in [2.05, 4.69) is 20.2 Å². The fourth-order valence-electron chi connectivity index (χ4n) is 6.66. The van der Waals surface area contributed by atoms with Gasteiger partial charge in [-0.25, -0.2) is 14.4 Å². The number of halogens is 1. The zero-order valence-corrected chi connectivity index (χ0v) is 22.8. The summed E-state index contributed by atoms with van der Waals surface area (Å²) in [4.78, 5) is 26.4. The molecule has 1 aromatic heterocycles. The van der Waals surface area contributed by atoms with Gasteiger partial charge in [0.1, 0.15) is 23.5 Å². The molecule has 0 spiro atoms. The largest absolute Gasteiger partial charge is 0.489 e. The first-order valence-electron chi connectivity index (χ1n) is 14.7. The molecular weight excluding hydrogens is 509 g/mol. The van der Waals surface area contributed by atoms with Crippen molar-refractivity contribution in [2.24, 2.45) is 0 Å². The number of amides is 1. The van der Waals surface area contributed by atoms with Crippen LogP contribution in [0.4, 0.5) is 4.39 Å². The summed E-state index contributed by atoms with van der Waals surface area (Å²) in [5, 5.41) is 3.89. The number of fused-ring (bicyclic) bond motifs is 2. The number of rotatable bonds is 6. The minimum atomic E-state index is -0.235. The van der Waals surface area contributed by atoms with Gasteiger partial charge in [-0.2, -0.15) is 0 Å². The number of benzene rings is 2. The lowest BCUT2D eigenvalue weighted by Crippen LogP contribution is -2.46. The normalized spacial score (nSPS) is 24.1. The zero-order chi connectivity index (χ0) is 27.1. The van der Waals surface area contributed by atoms with Crippen LogP contribution in [0.3, 0.4) is 0 Å². The molecule has 0 radical (unpaired) electrons. The second-order valence-electron chi connectivity index (χ2n) is 11.6. The van der Waals surface area contributed by atoms with E-state index < -0.39 is 0 Å². The Morgan fingerprint density at radius 1 is 1.12 bits per heavy atom. The van der Waals surface area contributed by atoms with E-state index in [1.54, 1.807) is 6.20 Å². The Bertz CT molecular complexity index is 1410. The minimum Gasteiger partial charge on any atom is -0.489 e. The molecule has 40 heavy (non-hydrogen) atoms. The van der Waals surface area contributed by atoms with Gasteiger partial charge < -0.3 is 19.7 Å². The minimum absolute atomic E-state index is 0.0303. The van der Waals surface area contributed by atoms with Gasteiger partial charge in [0.15, 0.2) is 0 Å². The van der Waals surface area contributed by atoms with Gasteiger partial charge in [0.25, 0.3) is 5.91 Å². The summed E-state index contributed by atoms with van der Waals surface area (Å²) in [6, 6.07) is 9.90. The molecular formula is C31H36FN5O3. The maximum absolute atomic E-state index is 15.5. The molecule has 0 unspecified atom stereocenters. The van der Waals surface area contributed by atoms with E-state index in [1.165, 1.54) is 0 Å². The summed E-state index contributed by atoms with van der Waals surface area (Å²) in [5.74, 6) is 1.77. The average Bonchev–Trinajstić information content (AvgIpc) is 3.58. The van der Waals surface area contributed by atoms with E-state index in [0.717, 1.165) is 94.2 Å². The first-order chi connectivity index (χ1) is 19.6. The van der Waals surface area contributed by atoms with Crippen LogP contribution in [0, 0.1) is 5.82 Å². The van der Waals surface area contributed by atoms with Gasteiger partial charge in [0.2, 0.25) is 0 Å². The van der Waals surface area contributed by atoms with Crippen LogP contribution < -0.4 is 10.1 Å². The van der Waals surface area contributed by atoms with Gasteiger partial charge in [-0.3, -0.25) is 9.69 Å². The monoisotopic (exact) mass is 545 g/mol. The average molecular weight is 546 g/mol. The molecule has 8 nitrogen and oxygen atoms in total. The quantitative estimate of drug-likeness (QED) is 0.501. The summed E-state index contributed by atoms with van der Waals surface area (Å²) in [6.45, 7) is 6.08. The maximum atomic E-state index is 15.5. The molecule has 5 heterocycles. The van der Waals surface area contributed by atoms with E-state index in [0.29, 0.717) is 29.6 Å². The van der Waals surface area contributed by atoms with E-state index in [9.17, 15) is 4.79 Å². The van der Waals surface area contributed by atoms with Gasteiger partial charge in [0, 0.05) is 75.2 Å². The molecule has 0 aliphatic carbocycles. The number of nitrogens with one attached hydrogen (secondary N) is 1. The van der Waals surface area contributed by atoms with Crippen molar-refractivity contribution in [3.05, 3.63) is 64.9 Å². The Hall–Kier alpha value is -3.14. The number of likely N-dealkylation sites (tertiary alicyclic amines) is 1. The topological polar surface area (TPSA) is 79.8 Å². The van der Waals surface area contributed by atoms with Crippen LogP contribution in [0.2, 0.25) is 0 Å². The third-order valence-corrected chi connectivity index (χ3v) is 8.93. The Morgan fingerprint density at radius 3 is 2.88 bits per heavy atom. The van der Waals surface area contributed by atoms with Crippen molar-refractivity contribution in [2.45, 2.75) is 63.3 Å². The summed E-state index contributed by atoms with van der Waals surface area (Å²) in [6.07, 6.45) is 6.52. The van der Waals surface area contributed by atoms with Crippen molar-refractivity contribution in [1.29, 1.82) is 0 Å². The standard InChI is InChI=1S/C31H36FN5O3/c32-29-21(3-6-28-27(29)16-34-30(35-28)20-8-12-39-13-9-20)17-36-11-7-25(19-36)40-24-4-5-26-22(14-24)18-37(31(26)38)23-2-1-10-33-15-23/h3-6,14,16,20,23,25,33H,1-2,7-13,15,17-19H2/t23-,25-/m0/s1. The molecule has 3 aromatic rings. The first kappa shape index (κ1) is 25.8. The molecule has 0 saturated carbocycles. The van der Waals surface area contributed by atoms with Crippen molar-refractivity contribution in [3.8, 4) is 5.75 Å². The first-order valence-corrected chi connectivity index (χ1v) is 14.7. The summed E-state index contributed by atoms with van der Waals surface area (Å²) < 4.78 is 27.3. The van der Waals surface area contributed by atoms with E-state index in [4.69, 9.17) is 9.47 Å². The van der Waals surface area contributed by atoms with E-state index in [-0.39, 0.29) is 29.8 Å². The molecule has 9 heteroatoms. The highest BCUT2D eigenvalue weighted by molar-refractivity contribution is 5.98. The number of nitrogens with zero attached hydrogens (tertiary/aromatic N) is 4. The van der Waals surface area contributed by atoms with Gasteiger partial charge in [-0.15, -0.1) is 0 Å². The fraction of sp³-hybridized carbons (Fsp3) is 0.516. The molecule has 3 fully saturated rings. The highest BCUT2D eigenvalue weighted by atomic mass is 19.1. The third-order valence-electron chi connectivity index (χ3n) is 8.93. The smallest absolute Gasteiger partial charge is 0.254 e. The van der Waals surface area contributed by atoms with Crippen LogP contribution in [0.5, 0.6) is 5.75 Å². The Labute approximate surface area is 233 Å². The molecule has 3 saturated heterocycles. The molecule has 0 bridgehead atoms. The van der Waals surface area contributed by atoms with Crippen LogP contribution in [-0.2, 0) is 17.8 Å². The Balaban J connectivity index is 0.980. The maximum Gasteiger partial charge on any atom is 0.254 e. The van der Waals surface area contributed by atoms with Crippen molar-refractivity contribution in [3.63, 3.8) is 0 Å². The number of ether oxygens (including phenoxy) is 2. The zero-order valence-electron chi connectivity index (χ0n) is 22.8. The number of hydrogen-bond acceptors (Lipinski definition) is 7. The highest BCUT2D eigenvalue weighted by Gasteiger charge is 2.34. The second-order valence-corrected chi connectivity index (χ2v) is 11.6. The molecule has 210 valence electrons. The molecule has 2 aromatic carbocycles. The molecule has 4 aliphatic heterocycles. The SMILES string of the molecule is O=C1c2ccc(O[C@H]3CCN(Cc4ccc5nc(C6CCOCC6)ncc5c4F)C3)cc2CN1[C@H]1CCCNC1. The number of hydrogen-bond donors (Lipinski definition) is 1. The van der Waals surface area contributed by atoms with Crippen LogP contribution >= 0.6 is 0 Å². The predicted octanol–water partition coefficient (Wildman–Crippen LogP) is 4.02. The lowest BCUT2D eigenvalue weighted by Gasteiger charge is -2.31. The number of carbonyl (C=O) groups is 1. The number of piperidine rings is 1. The number of carbonyl (C=O) groups excluding carboxylic acids is 1. The van der Waals surface area contributed by atoms with Gasteiger partial charge in [-0.1, -0.05) is 6.07 Å². The van der Waals surface area contributed by atoms with Gasteiger partial charge in [0.05, 0.1) is 10.9 Å². The molecule has 4 aliphatic rings. The Kier molecular flexibility index (Phi) is 7.11. The van der Waals surface area contributed by atoms with Crippen LogP contribution in [0.1, 0.15) is 65.3 Å². The summed E-state index contributed by atoms with van der Waals surface area (Å²) >= 11 is 0. The van der Waals surface area contributed by atoms with E-state index >= 15 is 4.39 Å². The van der Waals surface area contributed by atoms with Gasteiger partial charge in [-0.05, 0) is 68.5 Å². The number of aromatic nitrogens is 2. The molecule has 7 rings (SSSR count). The highest BCUT2D eigenvalue weighted by Crippen LogP contribution is 2.31. The lowest BCUT2D eigenvalue weighted by atomic mass is 9.99. The molecule has 1 N–H and O–H groups in total. The second kappa shape index (κ2) is 11.0. The molecule has 2 atom stereocenters. The van der Waals surface area contributed by atoms with Crippen molar-refractivity contribution >= 4 is 16.8 Å². The Morgan fingerprint density at radius 2 is 2.02 bits per heavy atom. The van der Waals surface area contributed by atoms with E-state index in [1.807, 2.05) is 35.2 Å². The lowest BCUT2D eigenvalue weighted by molar-refractivity contribution is 0.0674. The molecule has 1 amide bonds. The van der Waals surface area contributed by atoms with Crippen LogP contribution in [-0.4, -0.2) is 77.2 Å². The predicted molar refractivity (Wildman–Crippen MR) is 149 cm³/mol. The third kappa shape index (κ3) is 5.06. The summed E-state index contributed by atoms with van der Waals surface area (Å²) in [7, 11) is 0. The van der Waals surface area contributed by atoms with Gasteiger partial charge >= 0.3 is 0 Å². The fourth-order valence-corrected chi connectivity index (χ4v) is 6.66.